The quantitative estimate of drug-likeness (QED) is 0.144. The lowest BCUT2D eigenvalue weighted by Crippen LogP contribution is -2.59. The van der Waals surface area contributed by atoms with Crippen LogP contribution >= 0.6 is 0 Å². The molecule has 0 aliphatic heterocycles. The molecule has 0 aliphatic carbocycles. The van der Waals surface area contributed by atoms with Crippen LogP contribution in [0.25, 0.3) is 0 Å². The Morgan fingerprint density at radius 2 is 1.41 bits per heavy atom. The van der Waals surface area contributed by atoms with Gasteiger partial charge in [0.1, 0.15) is 24.2 Å². The number of aliphatic carboxylic acids is 1. The number of carbonyl (C=O) groups excluding carboxylic acids is 4. The molecule has 0 aromatic heterocycles. The monoisotopic (exact) mass is 419 g/mol. The van der Waals surface area contributed by atoms with E-state index in [2.05, 4.69) is 16.0 Å². The summed E-state index contributed by atoms with van der Waals surface area (Å²) in [4.78, 5) is 59.0. The number of carboxylic acid groups (broad SMARTS) is 1. The molecule has 13 heteroatoms. The van der Waals surface area contributed by atoms with E-state index < -0.39 is 79.3 Å². The molecule has 0 aromatic rings. The minimum absolute atomic E-state index is 0.438. The van der Waals surface area contributed by atoms with Crippen LogP contribution in [0.1, 0.15) is 26.7 Å². The van der Waals surface area contributed by atoms with E-state index in [0.29, 0.717) is 6.42 Å². The first-order valence-electron chi connectivity index (χ1n) is 8.87. The van der Waals surface area contributed by atoms with Crippen LogP contribution in [0.4, 0.5) is 0 Å². The predicted molar refractivity (Wildman–Crippen MR) is 98.8 cm³/mol. The third-order valence-electron chi connectivity index (χ3n) is 4.16. The van der Waals surface area contributed by atoms with Crippen molar-refractivity contribution in [3.8, 4) is 0 Å². The van der Waals surface area contributed by atoms with Crippen molar-refractivity contribution >= 4 is 29.6 Å². The second-order valence-corrected chi connectivity index (χ2v) is 6.47. The summed E-state index contributed by atoms with van der Waals surface area (Å²) in [7, 11) is 0. The predicted octanol–water partition coefficient (Wildman–Crippen LogP) is -4.24. The molecule has 0 radical (unpaired) electrons. The number of aliphatic hydroxyl groups is 2. The van der Waals surface area contributed by atoms with E-state index in [9.17, 15) is 34.2 Å². The average Bonchev–Trinajstić information content (AvgIpc) is 2.66. The molecule has 166 valence electrons. The fourth-order valence-electron chi connectivity index (χ4n) is 2.18. The molecule has 0 aliphatic rings. The number of carbonyl (C=O) groups is 5. The molecule has 0 saturated heterocycles. The lowest BCUT2D eigenvalue weighted by atomic mass is 9.98. The summed E-state index contributed by atoms with van der Waals surface area (Å²) in [5.74, 6) is -5.63. The molecule has 0 rings (SSSR count). The Kier molecular flexibility index (Phi) is 11.4. The number of primary amides is 1. The number of carboxylic acids is 1. The first-order valence-corrected chi connectivity index (χ1v) is 8.87. The minimum atomic E-state index is -1.54. The summed E-state index contributed by atoms with van der Waals surface area (Å²) in [6.07, 6.45) is -0.208. The minimum Gasteiger partial charge on any atom is -0.480 e. The van der Waals surface area contributed by atoms with Gasteiger partial charge in [0.2, 0.25) is 23.6 Å². The van der Waals surface area contributed by atoms with E-state index in [0.717, 1.165) is 0 Å². The maximum absolute atomic E-state index is 12.4. The first kappa shape index (κ1) is 26.2. The third-order valence-corrected chi connectivity index (χ3v) is 4.16. The summed E-state index contributed by atoms with van der Waals surface area (Å²) in [5, 5.41) is 33.9. The van der Waals surface area contributed by atoms with Gasteiger partial charge >= 0.3 is 5.97 Å². The van der Waals surface area contributed by atoms with Gasteiger partial charge in [-0.15, -0.1) is 0 Å². The third kappa shape index (κ3) is 8.85. The van der Waals surface area contributed by atoms with Gasteiger partial charge in [0.25, 0.3) is 0 Å². The number of nitrogens with one attached hydrogen (secondary N) is 3. The van der Waals surface area contributed by atoms with Gasteiger partial charge < -0.3 is 42.7 Å². The molecular formula is C16H29N5O8. The smallest absolute Gasteiger partial charge is 0.326 e. The second-order valence-electron chi connectivity index (χ2n) is 6.47. The van der Waals surface area contributed by atoms with Crippen LogP contribution in [0.15, 0.2) is 0 Å². The molecule has 0 saturated carbocycles. The van der Waals surface area contributed by atoms with Crippen molar-refractivity contribution in [2.24, 2.45) is 17.4 Å². The zero-order valence-corrected chi connectivity index (χ0v) is 16.3. The lowest BCUT2D eigenvalue weighted by Gasteiger charge is -2.25. The summed E-state index contributed by atoms with van der Waals surface area (Å²) < 4.78 is 0. The van der Waals surface area contributed by atoms with E-state index in [4.69, 9.17) is 16.6 Å². The van der Waals surface area contributed by atoms with Gasteiger partial charge in [-0.1, -0.05) is 20.3 Å². The van der Waals surface area contributed by atoms with Crippen LogP contribution in [-0.2, 0) is 24.0 Å². The normalized spacial score (nSPS) is 15.9. The highest BCUT2D eigenvalue weighted by atomic mass is 16.4. The van der Waals surface area contributed by atoms with Crippen molar-refractivity contribution in [3.63, 3.8) is 0 Å². The number of amides is 4. The van der Waals surface area contributed by atoms with Crippen LogP contribution in [0.2, 0.25) is 0 Å². The molecule has 0 aromatic carbocycles. The summed E-state index contributed by atoms with van der Waals surface area (Å²) in [5.41, 5.74) is 10.4. The number of nitrogens with two attached hydrogens (primary N) is 2. The summed E-state index contributed by atoms with van der Waals surface area (Å²) >= 11 is 0. The van der Waals surface area contributed by atoms with Crippen LogP contribution in [0.5, 0.6) is 0 Å². The molecule has 10 N–H and O–H groups in total. The largest absolute Gasteiger partial charge is 0.480 e. The fourth-order valence-corrected chi connectivity index (χ4v) is 2.18. The van der Waals surface area contributed by atoms with Crippen LogP contribution in [0, 0.1) is 5.92 Å². The van der Waals surface area contributed by atoms with E-state index in [1.54, 1.807) is 13.8 Å². The Morgan fingerprint density at radius 3 is 1.83 bits per heavy atom. The maximum atomic E-state index is 12.4. The summed E-state index contributed by atoms with van der Waals surface area (Å²) in [6.45, 7) is 1.75. The van der Waals surface area contributed by atoms with Crippen molar-refractivity contribution < 1.29 is 39.3 Å². The Hall–Kier alpha value is -2.77. The van der Waals surface area contributed by atoms with Crippen molar-refractivity contribution in [2.45, 2.75) is 50.9 Å². The molecular weight excluding hydrogens is 390 g/mol. The average molecular weight is 419 g/mol. The molecule has 13 nitrogen and oxygen atoms in total. The Bertz CT molecular complexity index is 614. The van der Waals surface area contributed by atoms with Crippen LogP contribution < -0.4 is 27.4 Å². The molecule has 0 spiro atoms. The fraction of sp³-hybridized carbons (Fsp3) is 0.688. The van der Waals surface area contributed by atoms with Crippen molar-refractivity contribution in [2.75, 3.05) is 13.2 Å². The highest BCUT2D eigenvalue weighted by Crippen LogP contribution is 2.08. The molecule has 5 unspecified atom stereocenters. The van der Waals surface area contributed by atoms with E-state index >= 15 is 0 Å². The van der Waals surface area contributed by atoms with Crippen molar-refractivity contribution in [1.82, 2.24) is 16.0 Å². The highest BCUT2D eigenvalue weighted by Gasteiger charge is 2.32. The zero-order chi connectivity index (χ0) is 22.7. The molecule has 0 bridgehead atoms. The lowest BCUT2D eigenvalue weighted by molar-refractivity contribution is -0.144. The second kappa shape index (κ2) is 12.6. The number of aliphatic hydroxyl groups excluding tert-OH is 2. The molecule has 0 heterocycles. The molecule has 0 fully saturated rings. The van der Waals surface area contributed by atoms with Crippen molar-refractivity contribution in [3.05, 3.63) is 0 Å². The molecule has 5 atom stereocenters. The number of hydrogen-bond acceptors (Lipinski definition) is 8. The first-order chi connectivity index (χ1) is 13.5. The van der Waals surface area contributed by atoms with Crippen molar-refractivity contribution in [1.29, 1.82) is 0 Å². The molecule has 29 heavy (non-hydrogen) atoms. The molecule has 4 amide bonds. The SMILES string of the molecule is CCC(C)C(NC(=O)C(CC(N)=O)NC(=O)C(CO)NC(=O)C(N)CO)C(=O)O. The maximum Gasteiger partial charge on any atom is 0.326 e. The van der Waals surface area contributed by atoms with Gasteiger partial charge in [0.05, 0.1) is 19.6 Å². The van der Waals surface area contributed by atoms with E-state index in [1.807, 2.05) is 0 Å². The zero-order valence-electron chi connectivity index (χ0n) is 16.3. The highest BCUT2D eigenvalue weighted by molar-refractivity contribution is 5.96. The van der Waals surface area contributed by atoms with Gasteiger partial charge in [0, 0.05) is 0 Å². The van der Waals surface area contributed by atoms with Crippen LogP contribution in [0.3, 0.4) is 0 Å². The summed E-state index contributed by atoms with van der Waals surface area (Å²) in [6, 6.07) is -5.68. The van der Waals surface area contributed by atoms with Gasteiger partial charge in [0.15, 0.2) is 0 Å². The Balaban J connectivity index is 5.32. The standard InChI is InChI=1S/C16H29N5O8/c1-3-7(2)12(16(28)29)21-14(26)9(4-11(18)24)19-15(27)10(6-23)20-13(25)8(17)5-22/h7-10,12,22-23H,3-6,17H2,1-2H3,(H2,18,24)(H,19,27)(H,20,25)(H,21,26)(H,28,29). The van der Waals surface area contributed by atoms with Gasteiger partial charge in [-0.05, 0) is 5.92 Å². The van der Waals surface area contributed by atoms with Gasteiger partial charge in [-0.2, -0.15) is 0 Å². The van der Waals surface area contributed by atoms with E-state index in [1.165, 1.54) is 0 Å². The Labute approximate surface area is 167 Å². The number of rotatable bonds is 13. The van der Waals surface area contributed by atoms with E-state index in [-0.39, 0.29) is 0 Å². The Morgan fingerprint density at radius 1 is 0.897 bits per heavy atom. The van der Waals surface area contributed by atoms with Gasteiger partial charge in [-0.25, -0.2) is 4.79 Å². The topological polar surface area (TPSA) is 234 Å². The number of hydrogen-bond donors (Lipinski definition) is 8. The van der Waals surface area contributed by atoms with Gasteiger partial charge in [-0.3, -0.25) is 19.2 Å². The van der Waals surface area contributed by atoms with Crippen LogP contribution in [-0.4, -0.2) is 82.3 Å².